The number of carbonyl (C=O) groups excluding carboxylic acids is 1. The number of benzene rings is 1. The topological polar surface area (TPSA) is 50.4 Å². The molecule has 6 heteroatoms. The second-order valence-electron chi connectivity index (χ2n) is 6.46. The highest BCUT2D eigenvalue weighted by Crippen LogP contribution is 2.26. The number of hydrogen-bond donors (Lipinski definition) is 2. The van der Waals surface area contributed by atoms with Crippen LogP contribution in [-0.2, 0) is 0 Å². The molecule has 1 amide bonds. The van der Waals surface area contributed by atoms with Crippen molar-refractivity contribution in [3.05, 3.63) is 28.2 Å². The number of nitrogens with one attached hydrogen (secondary N) is 2. The van der Waals surface area contributed by atoms with Crippen molar-refractivity contribution in [2.45, 2.75) is 64.3 Å². The molecule has 0 aliphatic heterocycles. The van der Waals surface area contributed by atoms with E-state index in [9.17, 15) is 4.79 Å². The minimum absolute atomic E-state index is 0.202. The largest absolute Gasteiger partial charge is 0.492 e. The summed E-state index contributed by atoms with van der Waals surface area (Å²) in [7, 11) is 0. The van der Waals surface area contributed by atoms with Crippen LogP contribution in [0.2, 0.25) is 0 Å². The number of ether oxygens (including phenoxy) is 1. The van der Waals surface area contributed by atoms with Crippen molar-refractivity contribution in [3.63, 3.8) is 0 Å². The van der Waals surface area contributed by atoms with Crippen molar-refractivity contribution in [2.24, 2.45) is 0 Å². The van der Waals surface area contributed by atoms with Gasteiger partial charge in [0.2, 0.25) is 0 Å². The van der Waals surface area contributed by atoms with Crippen molar-refractivity contribution in [1.29, 1.82) is 0 Å². The summed E-state index contributed by atoms with van der Waals surface area (Å²) < 4.78 is 6.47. The Hall–Kier alpha value is -1.14. The predicted molar refractivity (Wildman–Crippen MR) is 109 cm³/mol. The first-order chi connectivity index (χ1) is 12.1. The van der Waals surface area contributed by atoms with Crippen LogP contribution in [0.3, 0.4) is 0 Å². The van der Waals surface area contributed by atoms with Crippen LogP contribution in [0.15, 0.2) is 22.7 Å². The molecular formula is C19H27BrN2O2S. The van der Waals surface area contributed by atoms with Gasteiger partial charge in [0, 0.05) is 11.6 Å². The number of carbonyl (C=O) groups is 1. The smallest absolute Gasteiger partial charge is 0.257 e. The summed E-state index contributed by atoms with van der Waals surface area (Å²) in [5.41, 5.74) is 0.555. The molecular weight excluding hydrogens is 400 g/mol. The van der Waals surface area contributed by atoms with Gasteiger partial charge in [0.25, 0.3) is 5.91 Å². The molecule has 1 fully saturated rings. The standard InChI is InChI=1S/C19H27BrN2O2S/c1-2-3-12-24-17-11-10-14(13-16(17)20)18(23)22-19(25)21-15-8-6-4-5-7-9-15/h10-11,13,15H,2-9,12H2,1H3,(H2,21,22,23,25). The lowest BCUT2D eigenvalue weighted by molar-refractivity contribution is 0.0976. The number of hydrogen-bond acceptors (Lipinski definition) is 3. The molecule has 0 saturated heterocycles. The highest BCUT2D eigenvalue weighted by molar-refractivity contribution is 9.10. The zero-order chi connectivity index (χ0) is 18.1. The summed E-state index contributed by atoms with van der Waals surface area (Å²) in [4.78, 5) is 12.4. The Labute approximate surface area is 164 Å². The normalized spacial score (nSPS) is 15.3. The summed E-state index contributed by atoms with van der Waals surface area (Å²) in [6.07, 6.45) is 9.35. The quantitative estimate of drug-likeness (QED) is 0.383. The van der Waals surface area contributed by atoms with Crippen molar-refractivity contribution >= 4 is 39.2 Å². The summed E-state index contributed by atoms with van der Waals surface area (Å²) in [6.45, 7) is 2.80. The van der Waals surface area contributed by atoms with Gasteiger partial charge in [-0.15, -0.1) is 0 Å². The number of unbranched alkanes of at least 4 members (excludes halogenated alkanes) is 1. The Morgan fingerprint density at radius 3 is 2.64 bits per heavy atom. The monoisotopic (exact) mass is 426 g/mol. The van der Waals surface area contributed by atoms with Crippen LogP contribution in [0.25, 0.3) is 0 Å². The van der Waals surface area contributed by atoms with Crippen LogP contribution in [0.4, 0.5) is 0 Å². The summed E-state index contributed by atoms with van der Waals surface area (Å²) in [5, 5.41) is 6.48. The molecule has 0 spiro atoms. The molecule has 1 aliphatic rings. The van der Waals surface area contributed by atoms with Crippen molar-refractivity contribution in [3.8, 4) is 5.75 Å². The van der Waals surface area contributed by atoms with Crippen LogP contribution in [0.1, 0.15) is 68.6 Å². The van der Waals surface area contributed by atoms with E-state index in [1.807, 2.05) is 6.07 Å². The Balaban J connectivity index is 1.86. The van der Waals surface area contributed by atoms with Crippen LogP contribution in [-0.4, -0.2) is 23.7 Å². The van der Waals surface area contributed by atoms with Crippen LogP contribution in [0.5, 0.6) is 5.75 Å². The molecule has 138 valence electrons. The van der Waals surface area contributed by atoms with E-state index in [0.717, 1.165) is 35.9 Å². The molecule has 1 aromatic carbocycles. The summed E-state index contributed by atoms with van der Waals surface area (Å²) >= 11 is 8.77. The van der Waals surface area contributed by atoms with Crippen LogP contribution >= 0.6 is 28.1 Å². The fourth-order valence-corrected chi connectivity index (χ4v) is 3.66. The lowest BCUT2D eigenvalue weighted by Crippen LogP contribution is -2.44. The molecule has 0 radical (unpaired) electrons. The average molecular weight is 427 g/mol. The third-order valence-corrected chi connectivity index (χ3v) is 5.21. The van der Waals surface area contributed by atoms with E-state index in [1.165, 1.54) is 25.7 Å². The molecule has 4 nitrogen and oxygen atoms in total. The van der Waals surface area contributed by atoms with Gasteiger partial charge in [0.05, 0.1) is 11.1 Å². The van der Waals surface area contributed by atoms with E-state index in [1.54, 1.807) is 12.1 Å². The molecule has 1 saturated carbocycles. The van der Waals surface area contributed by atoms with Gasteiger partial charge < -0.3 is 10.1 Å². The van der Waals surface area contributed by atoms with Gasteiger partial charge in [-0.1, -0.05) is 39.0 Å². The van der Waals surface area contributed by atoms with Gasteiger partial charge in [-0.2, -0.15) is 0 Å². The zero-order valence-electron chi connectivity index (χ0n) is 14.8. The molecule has 1 aliphatic carbocycles. The predicted octanol–water partition coefficient (Wildman–Crippen LogP) is 4.96. The van der Waals surface area contributed by atoms with Crippen molar-refractivity contribution < 1.29 is 9.53 Å². The molecule has 0 aromatic heterocycles. The van der Waals surface area contributed by atoms with E-state index in [2.05, 4.69) is 33.5 Å². The fourth-order valence-electron chi connectivity index (χ4n) is 2.91. The molecule has 1 aromatic rings. The molecule has 2 rings (SSSR count). The Morgan fingerprint density at radius 1 is 1.28 bits per heavy atom. The minimum atomic E-state index is -0.202. The second kappa shape index (κ2) is 10.8. The first-order valence-electron chi connectivity index (χ1n) is 9.14. The van der Waals surface area contributed by atoms with E-state index >= 15 is 0 Å². The number of amides is 1. The maximum atomic E-state index is 12.4. The molecule has 0 heterocycles. The van der Waals surface area contributed by atoms with Crippen molar-refractivity contribution in [1.82, 2.24) is 10.6 Å². The summed E-state index contributed by atoms with van der Waals surface area (Å²) in [6, 6.07) is 5.72. The maximum Gasteiger partial charge on any atom is 0.257 e. The highest BCUT2D eigenvalue weighted by atomic mass is 79.9. The highest BCUT2D eigenvalue weighted by Gasteiger charge is 2.15. The van der Waals surface area contributed by atoms with Gasteiger partial charge in [0.1, 0.15) is 5.75 Å². The Bertz CT molecular complexity index is 587. The second-order valence-corrected chi connectivity index (χ2v) is 7.73. The molecule has 25 heavy (non-hydrogen) atoms. The SMILES string of the molecule is CCCCOc1ccc(C(=O)NC(=S)NC2CCCCCC2)cc1Br. The van der Waals surface area contributed by atoms with Crippen LogP contribution in [0, 0.1) is 0 Å². The molecule has 0 atom stereocenters. The molecule has 0 unspecified atom stereocenters. The van der Waals surface area contributed by atoms with Gasteiger partial charge >= 0.3 is 0 Å². The van der Waals surface area contributed by atoms with E-state index < -0.39 is 0 Å². The summed E-state index contributed by atoms with van der Waals surface area (Å²) in [5.74, 6) is 0.552. The zero-order valence-corrected chi connectivity index (χ0v) is 17.2. The lowest BCUT2D eigenvalue weighted by atomic mass is 10.1. The maximum absolute atomic E-state index is 12.4. The number of halogens is 1. The van der Waals surface area contributed by atoms with Gasteiger partial charge in [-0.05, 0) is 65.6 Å². The fraction of sp³-hybridized carbons (Fsp3) is 0.579. The molecule has 2 N–H and O–H groups in total. The lowest BCUT2D eigenvalue weighted by Gasteiger charge is -2.18. The first kappa shape index (κ1) is 20.2. The molecule has 0 bridgehead atoms. The average Bonchev–Trinajstić information content (AvgIpc) is 2.85. The van der Waals surface area contributed by atoms with Gasteiger partial charge in [0.15, 0.2) is 5.11 Å². The van der Waals surface area contributed by atoms with Crippen LogP contribution < -0.4 is 15.4 Å². The van der Waals surface area contributed by atoms with Gasteiger partial charge in [-0.25, -0.2) is 0 Å². The Morgan fingerprint density at radius 2 is 2.00 bits per heavy atom. The van der Waals surface area contributed by atoms with E-state index in [-0.39, 0.29) is 5.91 Å². The first-order valence-corrected chi connectivity index (χ1v) is 10.3. The van der Waals surface area contributed by atoms with Crippen molar-refractivity contribution in [2.75, 3.05) is 6.61 Å². The number of rotatable bonds is 6. The van der Waals surface area contributed by atoms with E-state index in [4.69, 9.17) is 17.0 Å². The number of thiocarbonyl (C=S) groups is 1. The minimum Gasteiger partial charge on any atom is -0.492 e. The Kier molecular flexibility index (Phi) is 8.68. The van der Waals surface area contributed by atoms with Gasteiger partial charge in [-0.3, -0.25) is 10.1 Å². The third kappa shape index (κ3) is 6.94. The third-order valence-electron chi connectivity index (χ3n) is 4.37. The van der Waals surface area contributed by atoms with E-state index in [0.29, 0.717) is 23.3 Å².